The van der Waals surface area contributed by atoms with Gasteiger partial charge in [-0.15, -0.1) is 0 Å². The Balaban J connectivity index is 3.93. The first-order valence-electron chi connectivity index (χ1n) is 7.29. The number of nitrogens with zero attached hydrogens (tertiary/aromatic N) is 1. The molecule has 0 aliphatic rings. The summed E-state index contributed by atoms with van der Waals surface area (Å²) in [6, 6.07) is 1.54. The van der Waals surface area contributed by atoms with Crippen LogP contribution in [0.1, 0.15) is 54.4 Å². The summed E-state index contributed by atoms with van der Waals surface area (Å²) in [5, 5.41) is 0. The second-order valence-electron chi connectivity index (χ2n) is 5.46. The molecule has 2 atom stereocenters. The standard InChI is InChI=1S/C14H33NSi/c1-7-14(6)16(13(4)5)12-10-11-15(8-2)9-3/h13-14,16H,7-12H2,1-6H3. The second-order valence-corrected chi connectivity index (χ2v) is 9.84. The van der Waals surface area contributed by atoms with Crippen LogP contribution in [0.15, 0.2) is 0 Å². The maximum Gasteiger partial charge on any atom is 0.0422 e. The van der Waals surface area contributed by atoms with Crippen molar-refractivity contribution in [3.05, 3.63) is 0 Å². The topological polar surface area (TPSA) is 3.24 Å². The molecule has 0 rings (SSSR count). The molecule has 0 fully saturated rings. The van der Waals surface area contributed by atoms with Crippen LogP contribution in [0.5, 0.6) is 0 Å². The van der Waals surface area contributed by atoms with Crippen molar-refractivity contribution >= 4 is 8.80 Å². The minimum Gasteiger partial charge on any atom is -0.304 e. The first-order valence-corrected chi connectivity index (χ1v) is 9.44. The first-order chi connectivity index (χ1) is 7.56. The summed E-state index contributed by atoms with van der Waals surface area (Å²) in [5.74, 6) is 0. The van der Waals surface area contributed by atoms with Gasteiger partial charge in [-0.2, -0.15) is 0 Å². The van der Waals surface area contributed by atoms with Crippen LogP contribution in [-0.4, -0.2) is 33.3 Å². The van der Waals surface area contributed by atoms with Crippen molar-refractivity contribution in [1.82, 2.24) is 4.90 Å². The third-order valence-corrected chi connectivity index (χ3v) is 8.86. The van der Waals surface area contributed by atoms with Crippen molar-refractivity contribution in [2.24, 2.45) is 0 Å². The zero-order valence-electron chi connectivity index (χ0n) is 12.4. The Hall–Kier alpha value is 0.177. The van der Waals surface area contributed by atoms with Gasteiger partial charge in [0.2, 0.25) is 0 Å². The van der Waals surface area contributed by atoms with Gasteiger partial charge in [-0.25, -0.2) is 0 Å². The molecule has 0 aromatic rings. The predicted molar refractivity (Wildman–Crippen MR) is 79.2 cm³/mol. The highest BCUT2D eigenvalue weighted by atomic mass is 28.3. The van der Waals surface area contributed by atoms with E-state index in [-0.39, 0.29) is 0 Å². The monoisotopic (exact) mass is 243 g/mol. The van der Waals surface area contributed by atoms with Gasteiger partial charge in [-0.05, 0) is 26.1 Å². The summed E-state index contributed by atoms with van der Waals surface area (Å²) < 4.78 is 0. The van der Waals surface area contributed by atoms with Crippen LogP contribution in [0.25, 0.3) is 0 Å². The minimum absolute atomic E-state index is 0.509. The summed E-state index contributed by atoms with van der Waals surface area (Å²) in [7, 11) is -0.509. The summed E-state index contributed by atoms with van der Waals surface area (Å²) >= 11 is 0. The Morgan fingerprint density at radius 2 is 1.56 bits per heavy atom. The fourth-order valence-corrected chi connectivity index (χ4v) is 6.48. The van der Waals surface area contributed by atoms with E-state index in [9.17, 15) is 0 Å². The summed E-state index contributed by atoms with van der Waals surface area (Å²) in [5.41, 5.74) is 2.00. The van der Waals surface area contributed by atoms with Crippen LogP contribution in [-0.2, 0) is 0 Å². The molecule has 0 aromatic carbocycles. The fourth-order valence-electron chi connectivity index (χ4n) is 2.67. The first kappa shape index (κ1) is 16.2. The molecule has 2 heteroatoms. The maximum atomic E-state index is 2.56. The molecule has 0 bridgehead atoms. The van der Waals surface area contributed by atoms with E-state index >= 15 is 0 Å². The van der Waals surface area contributed by atoms with Crippen LogP contribution in [0, 0.1) is 0 Å². The third-order valence-electron chi connectivity index (χ3n) is 4.14. The molecule has 0 heterocycles. The summed E-state index contributed by atoms with van der Waals surface area (Å²) in [6.45, 7) is 18.0. The smallest absolute Gasteiger partial charge is 0.0422 e. The zero-order chi connectivity index (χ0) is 12.6. The largest absolute Gasteiger partial charge is 0.304 e. The quantitative estimate of drug-likeness (QED) is 0.550. The van der Waals surface area contributed by atoms with Crippen molar-refractivity contribution in [3.8, 4) is 0 Å². The Morgan fingerprint density at radius 1 is 1.00 bits per heavy atom. The molecule has 0 saturated carbocycles. The van der Waals surface area contributed by atoms with Gasteiger partial charge in [-0.3, -0.25) is 0 Å². The van der Waals surface area contributed by atoms with E-state index in [4.69, 9.17) is 0 Å². The molecular weight excluding hydrogens is 210 g/mol. The van der Waals surface area contributed by atoms with Gasteiger partial charge in [0.15, 0.2) is 0 Å². The van der Waals surface area contributed by atoms with E-state index in [2.05, 4.69) is 46.4 Å². The third kappa shape index (κ3) is 6.05. The molecule has 0 amide bonds. The molecule has 0 aliphatic carbocycles. The lowest BCUT2D eigenvalue weighted by molar-refractivity contribution is 0.304. The van der Waals surface area contributed by atoms with Crippen molar-refractivity contribution in [1.29, 1.82) is 0 Å². The van der Waals surface area contributed by atoms with Crippen LogP contribution in [0.2, 0.25) is 17.1 Å². The van der Waals surface area contributed by atoms with Gasteiger partial charge in [-0.1, -0.05) is 65.1 Å². The van der Waals surface area contributed by atoms with Crippen LogP contribution in [0.3, 0.4) is 0 Å². The average molecular weight is 244 g/mol. The Morgan fingerprint density at radius 3 is 1.94 bits per heavy atom. The lowest BCUT2D eigenvalue weighted by atomic mass is 10.4. The molecule has 16 heavy (non-hydrogen) atoms. The average Bonchev–Trinajstić information content (AvgIpc) is 2.28. The molecular formula is C14H33NSi. The van der Waals surface area contributed by atoms with Crippen LogP contribution < -0.4 is 0 Å². The molecule has 0 radical (unpaired) electrons. The summed E-state index contributed by atoms with van der Waals surface area (Å²) in [6.07, 6.45) is 2.82. The molecule has 2 unspecified atom stereocenters. The van der Waals surface area contributed by atoms with Gasteiger partial charge in [0.05, 0.1) is 0 Å². The van der Waals surface area contributed by atoms with Crippen molar-refractivity contribution in [2.45, 2.75) is 71.5 Å². The van der Waals surface area contributed by atoms with Gasteiger partial charge < -0.3 is 4.90 Å². The number of rotatable bonds is 9. The molecule has 0 aromatic heterocycles. The van der Waals surface area contributed by atoms with Gasteiger partial charge >= 0.3 is 0 Å². The molecule has 0 saturated heterocycles. The Labute approximate surface area is 105 Å². The van der Waals surface area contributed by atoms with Crippen molar-refractivity contribution in [2.75, 3.05) is 19.6 Å². The molecule has 98 valence electrons. The SMILES string of the molecule is CCC(C)[SiH](CCCN(CC)CC)C(C)C. The fraction of sp³-hybridized carbons (Fsp3) is 1.00. The van der Waals surface area contributed by atoms with E-state index in [0.29, 0.717) is 0 Å². The van der Waals surface area contributed by atoms with Gasteiger partial charge in [0, 0.05) is 8.80 Å². The lowest BCUT2D eigenvalue weighted by Gasteiger charge is -2.26. The van der Waals surface area contributed by atoms with Gasteiger partial charge in [0.1, 0.15) is 0 Å². The molecule has 0 spiro atoms. The zero-order valence-corrected chi connectivity index (χ0v) is 13.6. The van der Waals surface area contributed by atoms with E-state index in [0.717, 1.165) is 11.1 Å². The number of hydrogen-bond donors (Lipinski definition) is 0. The van der Waals surface area contributed by atoms with E-state index in [1.807, 2.05) is 0 Å². The highest BCUT2D eigenvalue weighted by Crippen LogP contribution is 2.27. The molecule has 1 nitrogen and oxygen atoms in total. The minimum atomic E-state index is -0.509. The second kappa shape index (κ2) is 9.23. The van der Waals surface area contributed by atoms with Gasteiger partial charge in [0.25, 0.3) is 0 Å². The normalized spacial score (nSPS) is 15.8. The highest BCUT2D eigenvalue weighted by Gasteiger charge is 2.20. The predicted octanol–water partition coefficient (Wildman–Crippen LogP) is 4.16. The van der Waals surface area contributed by atoms with Crippen molar-refractivity contribution in [3.63, 3.8) is 0 Å². The maximum absolute atomic E-state index is 2.56. The highest BCUT2D eigenvalue weighted by molar-refractivity contribution is 6.61. The Bertz CT molecular complexity index is 155. The lowest BCUT2D eigenvalue weighted by Crippen LogP contribution is -2.27. The Kier molecular flexibility index (Phi) is 9.33. The van der Waals surface area contributed by atoms with E-state index in [1.165, 1.54) is 32.5 Å². The van der Waals surface area contributed by atoms with Crippen LogP contribution >= 0.6 is 0 Å². The molecule has 0 N–H and O–H groups in total. The molecule has 0 aliphatic heterocycles. The van der Waals surface area contributed by atoms with Crippen molar-refractivity contribution < 1.29 is 0 Å². The van der Waals surface area contributed by atoms with E-state index in [1.54, 1.807) is 6.04 Å². The summed E-state index contributed by atoms with van der Waals surface area (Å²) in [4.78, 5) is 2.56. The van der Waals surface area contributed by atoms with E-state index < -0.39 is 8.80 Å². The van der Waals surface area contributed by atoms with Crippen LogP contribution in [0.4, 0.5) is 0 Å². The number of hydrogen-bond acceptors (Lipinski definition) is 1.